The average Bonchev–Trinajstić information content (AvgIpc) is 2.70. The SMILES string of the molecule is Nc1cc(CC(O)c2ccco2)ccn1. The Bertz CT molecular complexity index is 426. The lowest BCUT2D eigenvalue weighted by atomic mass is 10.1. The first-order chi connectivity index (χ1) is 7.25. The summed E-state index contributed by atoms with van der Waals surface area (Å²) in [6.07, 6.45) is 3.00. The number of hydrogen-bond donors (Lipinski definition) is 2. The Labute approximate surface area is 87.4 Å². The highest BCUT2D eigenvalue weighted by Crippen LogP contribution is 2.18. The molecule has 0 saturated heterocycles. The second-order valence-corrected chi connectivity index (χ2v) is 3.32. The smallest absolute Gasteiger partial charge is 0.132 e. The van der Waals surface area contributed by atoms with Gasteiger partial charge in [-0.25, -0.2) is 4.98 Å². The van der Waals surface area contributed by atoms with Crippen molar-refractivity contribution in [2.75, 3.05) is 5.73 Å². The number of hydrogen-bond acceptors (Lipinski definition) is 4. The van der Waals surface area contributed by atoms with Crippen molar-refractivity contribution in [3.8, 4) is 0 Å². The van der Waals surface area contributed by atoms with Crippen LogP contribution in [0.25, 0.3) is 0 Å². The van der Waals surface area contributed by atoms with Crippen LogP contribution in [0.15, 0.2) is 41.1 Å². The molecule has 0 spiro atoms. The van der Waals surface area contributed by atoms with Gasteiger partial charge in [0.15, 0.2) is 0 Å². The second-order valence-electron chi connectivity index (χ2n) is 3.32. The molecule has 1 unspecified atom stereocenters. The van der Waals surface area contributed by atoms with E-state index in [1.54, 1.807) is 30.7 Å². The van der Waals surface area contributed by atoms with E-state index in [1.807, 2.05) is 6.07 Å². The third-order valence-corrected chi connectivity index (χ3v) is 2.15. The minimum absolute atomic E-state index is 0.458. The first-order valence-electron chi connectivity index (χ1n) is 4.67. The molecule has 2 aromatic heterocycles. The van der Waals surface area contributed by atoms with E-state index in [0.29, 0.717) is 18.0 Å². The quantitative estimate of drug-likeness (QED) is 0.795. The Morgan fingerprint density at radius 1 is 1.47 bits per heavy atom. The van der Waals surface area contributed by atoms with Crippen LogP contribution in [-0.2, 0) is 6.42 Å². The zero-order valence-electron chi connectivity index (χ0n) is 8.13. The summed E-state index contributed by atoms with van der Waals surface area (Å²) in [7, 11) is 0. The van der Waals surface area contributed by atoms with E-state index in [-0.39, 0.29) is 0 Å². The molecule has 3 N–H and O–H groups in total. The summed E-state index contributed by atoms with van der Waals surface area (Å²) in [5.41, 5.74) is 6.47. The number of aliphatic hydroxyl groups excluding tert-OH is 1. The first kappa shape index (κ1) is 9.73. The van der Waals surface area contributed by atoms with Gasteiger partial charge in [-0.15, -0.1) is 0 Å². The molecule has 0 fully saturated rings. The topological polar surface area (TPSA) is 72.3 Å². The van der Waals surface area contributed by atoms with Gasteiger partial charge in [-0.1, -0.05) is 0 Å². The molecule has 0 aliphatic carbocycles. The zero-order chi connectivity index (χ0) is 10.7. The molecule has 78 valence electrons. The maximum atomic E-state index is 9.80. The maximum absolute atomic E-state index is 9.80. The minimum atomic E-state index is -0.637. The van der Waals surface area contributed by atoms with Gasteiger partial charge in [0, 0.05) is 12.6 Å². The number of furan rings is 1. The predicted octanol–water partition coefficient (Wildman–Crippen LogP) is 1.53. The van der Waals surface area contributed by atoms with Crippen LogP contribution in [-0.4, -0.2) is 10.1 Å². The number of nitrogens with two attached hydrogens (primary N) is 1. The van der Waals surface area contributed by atoms with Crippen LogP contribution >= 0.6 is 0 Å². The molecule has 4 nitrogen and oxygen atoms in total. The van der Waals surface area contributed by atoms with Gasteiger partial charge >= 0.3 is 0 Å². The van der Waals surface area contributed by atoms with E-state index in [4.69, 9.17) is 10.2 Å². The van der Waals surface area contributed by atoms with Crippen molar-refractivity contribution in [1.82, 2.24) is 4.98 Å². The van der Waals surface area contributed by atoms with Crippen LogP contribution in [0.1, 0.15) is 17.4 Å². The number of pyridine rings is 1. The van der Waals surface area contributed by atoms with Crippen molar-refractivity contribution in [3.05, 3.63) is 48.0 Å². The fourth-order valence-corrected chi connectivity index (χ4v) is 1.43. The largest absolute Gasteiger partial charge is 0.467 e. The molecule has 2 rings (SSSR count). The Hall–Kier alpha value is -1.81. The van der Waals surface area contributed by atoms with E-state index in [1.165, 1.54) is 0 Å². The first-order valence-corrected chi connectivity index (χ1v) is 4.67. The Morgan fingerprint density at radius 3 is 3.00 bits per heavy atom. The lowest BCUT2D eigenvalue weighted by Gasteiger charge is -2.07. The molecule has 0 saturated carbocycles. The van der Waals surface area contributed by atoms with Crippen molar-refractivity contribution in [1.29, 1.82) is 0 Å². The second kappa shape index (κ2) is 4.14. The molecular formula is C11H12N2O2. The zero-order valence-corrected chi connectivity index (χ0v) is 8.13. The summed E-state index contributed by atoms with van der Waals surface area (Å²) in [6, 6.07) is 7.06. The molecule has 0 radical (unpaired) electrons. The monoisotopic (exact) mass is 204 g/mol. The highest BCUT2D eigenvalue weighted by molar-refractivity contribution is 5.32. The van der Waals surface area contributed by atoms with Crippen molar-refractivity contribution in [2.24, 2.45) is 0 Å². The minimum Gasteiger partial charge on any atom is -0.467 e. The highest BCUT2D eigenvalue weighted by Gasteiger charge is 2.11. The van der Waals surface area contributed by atoms with Crippen molar-refractivity contribution in [2.45, 2.75) is 12.5 Å². The van der Waals surface area contributed by atoms with Gasteiger partial charge in [-0.3, -0.25) is 0 Å². The average molecular weight is 204 g/mol. The van der Waals surface area contributed by atoms with Gasteiger partial charge in [-0.05, 0) is 29.8 Å². The van der Waals surface area contributed by atoms with E-state index in [0.717, 1.165) is 5.56 Å². The van der Waals surface area contributed by atoms with E-state index < -0.39 is 6.10 Å². The molecule has 0 amide bonds. The van der Waals surface area contributed by atoms with E-state index in [2.05, 4.69) is 4.98 Å². The molecule has 1 atom stereocenters. The van der Waals surface area contributed by atoms with Gasteiger partial charge in [0.2, 0.25) is 0 Å². The summed E-state index contributed by atoms with van der Waals surface area (Å²) < 4.78 is 5.10. The molecule has 0 aromatic carbocycles. The van der Waals surface area contributed by atoms with Gasteiger partial charge in [0.05, 0.1) is 6.26 Å². The summed E-state index contributed by atoms with van der Waals surface area (Å²) >= 11 is 0. The lowest BCUT2D eigenvalue weighted by molar-refractivity contribution is 0.150. The summed E-state index contributed by atoms with van der Waals surface area (Å²) in [6.45, 7) is 0. The highest BCUT2D eigenvalue weighted by atomic mass is 16.4. The Kier molecular flexibility index (Phi) is 2.69. The van der Waals surface area contributed by atoms with Crippen LogP contribution in [0.3, 0.4) is 0 Å². The lowest BCUT2D eigenvalue weighted by Crippen LogP contribution is -2.01. The standard InChI is InChI=1S/C11H12N2O2/c12-11-7-8(3-4-13-11)6-9(14)10-2-1-5-15-10/h1-5,7,9,14H,6H2,(H2,12,13). The number of aliphatic hydroxyl groups is 1. The third kappa shape index (κ3) is 2.35. The maximum Gasteiger partial charge on any atom is 0.132 e. The Morgan fingerprint density at radius 2 is 2.33 bits per heavy atom. The summed E-state index contributed by atoms with van der Waals surface area (Å²) in [5, 5.41) is 9.80. The fraction of sp³-hybridized carbons (Fsp3) is 0.182. The normalized spacial score (nSPS) is 12.6. The summed E-state index contributed by atoms with van der Waals surface area (Å²) in [5.74, 6) is 1.02. The van der Waals surface area contributed by atoms with Crippen molar-refractivity contribution >= 4 is 5.82 Å². The van der Waals surface area contributed by atoms with Crippen molar-refractivity contribution < 1.29 is 9.52 Å². The molecule has 2 aromatic rings. The molecule has 0 bridgehead atoms. The van der Waals surface area contributed by atoms with Crippen LogP contribution in [0, 0.1) is 0 Å². The number of rotatable bonds is 3. The molecule has 0 aliphatic heterocycles. The van der Waals surface area contributed by atoms with Gasteiger partial charge < -0.3 is 15.3 Å². The molecule has 2 heterocycles. The van der Waals surface area contributed by atoms with Gasteiger partial charge in [0.1, 0.15) is 17.7 Å². The van der Waals surface area contributed by atoms with Gasteiger partial charge in [0.25, 0.3) is 0 Å². The molecule has 4 heteroatoms. The molecule has 15 heavy (non-hydrogen) atoms. The number of anilines is 1. The van der Waals surface area contributed by atoms with Gasteiger partial charge in [-0.2, -0.15) is 0 Å². The number of nitrogen functional groups attached to an aromatic ring is 1. The van der Waals surface area contributed by atoms with Crippen molar-refractivity contribution in [3.63, 3.8) is 0 Å². The summed E-state index contributed by atoms with van der Waals surface area (Å²) in [4.78, 5) is 3.88. The predicted molar refractivity (Wildman–Crippen MR) is 56.0 cm³/mol. The van der Waals surface area contributed by atoms with Crippen LogP contribution in [0.5, 0.6) is 0 Å². The van der Waals surface area contributed by atoms with E-state index >= 15 is 0 Å². The van der Waals surface area contributed by atoms with Crippen LogP contribution in [0.4, 0.5) is 5.82 Å². The molecule has 0 aliphatic rings. The number of aromatic nitrogens is 1. The molecular weight excluding hydrogens is 192 g/mol. The van der Waals surface area contributed by atoms with Crippen LogP contribution < -0.4 is 5.73 Å². The van der Waals surface area contributed by atoms with Crippen LogP contribution in [0.2, 0.25) is 0 Å². The van der Waals surface area contributed by atoms with E-state index in [9.17, 15) is 5.11 Å². The Balaban J connectivity index is 2.09. The third-order valence-electron chi connectivity index (χ3n) is 2.15. The number of nitrogens with zero attached hydrogens (tertiary/aromatic N) is 1. The fourth-order valence-electron chi connectivity index (χ4n) is 1.43.